The molecule has 0 aromatic heterocycles. The van der Waals surface area contributed by atoms with E-state index < -0.39 is 0 Å². The second kappa shape index (κ2) is 8.82. The van der Waals surface area contributed by atoms with Gasteiger partial charge in [-0.1, -0.05) is 12.1 Å². The van der Waals surface area contributed by atoms with Gasteiger partial charge in [-0.05, 0) is 50.2 Å². The van der Waals surface area contributed by atoms with E-state index in [4.69, 9.17) is 9.47 Å². The van der Waals surface area contributed by atoms with Gasteiger partial charge >= 0.3 is 0 Å². The summed E-state index contributed by atoms with van der Waals surface area (Å²) in [6.45, 7) is 4.48. The molecular formula is C19H24N2O3. The van der Waals surface area contributed by atoms with Gasteiger partial charge in [-0.2, -0.15) is 0 Å². The SMILES string of the molecule is COc1ccccc1NCCC(=O)Nc1ccc(OC(C)C)cc1. The molecule has 2 aromatic rings. The summed E-state index contributed by atoms with van der Waals surface area (Å²) in [5.74, 6) is 1.51. The Hall–Kier alpha value is -2.69. The van der Waals surface area contributed by atoms with E-state index in [1.54, 1.807) is 7.11 Å². The number of carbonyl (C=O) groups excluding carboxylic acids is 1. The standard InChI is InChI=1S/C19H24N2O3/c1-14(2)24-16-10-8-15(9-11-16)21-19(22)12-13-20-17-6-4-5-7-18(17)23-3/h4-11,14,20H,12-13H2,1-3H3,(H,21,22). The number of nitrogens with one attached hydrogen (secondary N) is 2. The largest absolute Gasteiger partial charge is 0.495 e. The Morgan fingerprint density at radius 3 is 2.46 bits per heavy atom. The molecule has 0 radical (unpaired) electrons. The van der Waals surface area contributed by atoms with Crippen molar-refractivity contribution in [3.63, 3.8) is 0 Å². The summed E-state index contributed by atoms with van der Waals surface area (Å²) >= 11 is 0. The monoisotopic (exact) mass is 328 g/mol. The van der Waals surface area contributed by atoms with E-state index in [1.807, 2.05) is 62.4 Å². The summed E-state index contributed by atoms with van der Waals surface area (Å²) < 4.78 is 10.8. The number of amides is 1. The highest BCUT2D eigenvalue weighted by molar-refractivity contribution is 5.91. The summed E-state index contributed by atoms with van der Waals surface area (Å²) in [4.78, 5) is 12.0. The first kappa shape index (κ1) is 17.7. The van der Waals surface area contributed by atoms with E-state index in [0.29, 0.717) is 13.0 Å². The zero-order chi connectivity index (χ0) is 17.4. The van der Waals surface area contributed by atoms with Crippen LogP contribution in [0.2, 0.25) is 0 Å². The summed E-state index contributed by atoms with van der Waals surface area (Å²) in [7, 11) is 1.62. The van der Waals surface area contributed by atoms with E-state index >= 15 is 0 Å². The second-order valence-corrected chi connectivity index (χ2v) is 5.62. The van der Waals surface area contributed by atoms with Crippen LogP contribution in [0.5, 0.6) is 11.5 Å². The molecule has 128 valence electrons. The van der Waals surface area contributed by atoms with Gasteiger partial charge in [0.2, 0.25) is 5.91 Å². The maximum Gasteiger partial charge on any atom is 0.226 e. The summed E-state index contributed by atoms with van der Waals surface area (Å²) in [5, 5.41) is 6.08. The lowest BCUT2D eigenvalue weighted by Gasteiger charge is -2.12. The molecule has 0 saturated heterocycles. The third kappa shape index (κ3) is 5.50. The number of para-hydroxylation sites is 2. The smallest absolute Gasteiger partial charge is 0.226 e. The van der Waals surface area contributed by atoms with Crippen LogP contribution in [0.15, 0.2) is 48.5 Å². The van der Waals surface area contributed by atoms with E-state index in [0.717, 1.165) is 22.9 Å². The lowest BCUT2D eigenvalue weighted by atomic mass is 10.2. The molecule has 2 rings (SSSR count). The summed E-state index contributed by atoms with van der Waals surface area (Å²) in [5.41, 5.74) is 1.64. The Kier molecular flexibility index (Phi) is 6.49. The molecular weight excluding hydrogens is 304 g/mol. The van der Waals surface area contributed by atoms with Gasteiger partial charge in [0, 0.05) is 18.7 Å². The van der Waals surface area contributed by atoms with Gasteiger partial charge < -0.3 is 20.1 Å². The van der Waals surface area contributed by atoms with Crippen molar-refractivity contribution in [3.05, 3.63) is 48.5 Å². The minimum absolute atomic E-state index is 0.0464. The number of hydrogen-bond acceptors (Lipinski definition) is 4. The van der Waals surface area contributed by atoms with Crippen molar-refractivity contribution in [3.8, 4) is 11.5 Å². The molecule has 0 unspecified atom stereocenters. The van der Waals surface area contributed by atoms with E-state index in [9.17, 15) is 4.79 Å². The van der Waals surface area contributed by atoms with E-state index in [-0.39, 0.29) is 12.0 Å². The number of ether oxygens (including phenoxy) is 2. The number of rotatable bonds is 8. The van der Waals surface area contributed by atoms with Gasteiger partial charge in [0.1, 0.15) is 11.5 Å². The molecule has 0 bridgehead atoms. The summed E-state index contributed by atoms with van der Waals surface area (Å²) in [6.07, 6.45) is 0.494. The first-order valence-corrected chi connectivity index (χ1v) is 8.02. The van der Waals surface area contributed by atoms with Crippen LogP contribution in [0, 0.1) is 0 Å². The Morgan fingerprint density at radius 2 is 1.79 bits per heavy atom. The Bertz CT molecular complexity index is 654. The molecule has 2 aromatic carbocycles. The third-order valence-electron chi connectivity index (χ3n) is 3.28. The molecule has 0 saturated carbocycles. The third-order valence-corrected chi connectivity index (χ3v) is 3.28. The maximum atomic E-state index is 12.0. The van der Waals surface area contributed by atoms with Gasteiger partial charge in [-0.3, -0.25) is 4.79 Å². The molecule has 0 aliphatic rings. The minimum Gasteiger partial charge on any atom is -0.495 e. The molecule has 0 heterocycles. The molecule has 5 nitrogen and oxygen atoms in total. The van der Waals surface area contributed by atoms with Gasteiger partial charge in [0.15, 0.2) is 0 Å². The first-order valence-electron chi connectivity index (χ1n) is 8.02. The van der Waals surface area contributed by atoms with Crippen molar-refractivity contribution in [1.29, 1.82) is 0 Å². The van der Waals surface area contributed by atoms with Gasteiger partial charge in [0.25, 0.3) is 0 Å². The highest BCUT2D eigenvalue weighted by Crippen LogP contribution is 2.22. The molecule has 0 aliphatic heterocycles. The fraction of sp³-hybridized carbons (Fsp3) is 0.316. The lowest BCUT2D eigenvalue weighted by Crippen LogP contribution is -2.16. The number of hydrogen-bond donors (Lipinski definition) is 2. The zero-order valence-corrected chi connectivity index (χ0v) is 14.3. The molecule has 24 heavy (non-hydrogen) atoms. The van der Waals surface area contributed by atoms with Gasteiger partial charge in [-0.25, -0.2) is 0 Å². The average molecular weight is 328 g/mol. The predicted molar refractivity (Wildman–Crippen MR) is 96.9 cm³/mol. The van der Waals surface area contributed by atoms with Crippen LogP contribution in [-0.2, 0) is 4.79 Å². The maximum absolute atomic E-state index is 12.0. The number of methoxy groups -OCH3 is 1. The average Bonchev–Trinajstić information content (AvgIpc) is 2.56. The van der Waals surface area contributed by atoms with Crippen LogP contribution in [0.3, 0.4) is 0 Å². The zero-order valence-electron chi connectivity index (χ0n) is 14.3. The van der Waals surface area contributed by atoms with Crippen molar-refractivity contribution >= 4 is 17.3 Å². The molecule has 0 spiro atoms. The van der Waals surface area contributed by atoms with E-state index in [1.165, 1.54) is 0 Å². The number of carbonyl (C=O) groups is 1. The topological polar surface area (TPSA) is 59.6 Å². The Morgan fingerprint density at radius 1 is 1.08 bits per heavy atom. The highest BCUT2D eigenvalue weighted by Gasteiger charge is 2.05. The fourth-order valence-corrected chi connectivity index (χ4v) is 2.21. The van der Waals surface area contributed by atoms with Crippen LogP contribution < -0.4 is 20.1 Å². The van der Waals surface area contributed by atoms with Gasteiger partial charge in [0.05, 0.1) is 18.9 Å². The van der Waals surface area contributed by atoms with Crippen molar-refractivity contribution < 1.29 is 14.3 Å². The van der Waals surface area contributed by atoms with Gasteiger partial charge in [-0.15, -0.1) is 0 Å². The minimum atomic E-state index is -0.0464. The summed E-state index contributed by atoms with van der Waals surface area (Å²) in [6, 6.07) is 15.0. The number of benzene rings is 2. The highest BCUT2D eigenvalue weighted by atomic mass is 16.5. The lowest BCUT2D eigenvalue weighted by molar-refractivity contribution is -0.115. The Labute approximate surface area is 143 Å². The number of anilines is 2. The van der Waals surface area contributed by atoms with Crippen molar-refractivity contribution in [2.75, 3.05) is 24.3 Å². The second-order valence-electron chi connectivity index (χ2n) is 5.62. The quantitative estimate of drug-likeness (QED) is 0.771. The molecule has 0 atom stereocenters. The van der Waals surface area contributed by atoms with Crippen LogP contribution in [-0.4, -0.2) is 25.7 Å². The van der Waals surface area contributed by atoms with Crippen molar-refractivity contribution in [1.82, 2.24) is 0 Å². The Balaban J connectivity index is 1.79. The van der Waals surface area contributed by atoms with Crippen LogP contribution >= 0.6 is 0 Å². The van der Waals surface area contributed by atoms with Crippen LogP contribution in [0.25, 0.3) is 0 Å². The van der Waals surface area contributed by atoms with Crippen LogP contribution in [0.4, 0.5) is 11.4 Å². The normalized spacial score (nSPS) is 10.3. The molecule has 2 N–H and O–H groups in total. The fourth-order valence-electron chi connectivity index (χ4n) is 2.21. The van der Waals surface area contributed by atoms with E-state index in [2.05, 4.69) is 10.6 Å². The van der Waals surface area contributed by atoms with Crippen molar-refractivity contribution in [2.45, 2.75) is 26.4 Å². The molecule has 0 aliphatic carbocycles. The molecule has 0 fully saturated rings. The molecule has 1 amide bonds. The molecule has 5 heteroatoms. The predicted octanol–water partition coefficient (Wildman–Crippen LogP) is 3.92. The van der Waals surface area contributed by atoms with Crippen molar-refractivity contribution in [2.24, 2.45) is 0 Å². The van der Waals surface area contributed by atoms with Crippen LogP contribution in [0.1, 0.15) is 20.3 Å². The first-order chi connectivity index (χ1) is 11.6.